The summed E-state index contributed by atoms with van der Waals surface area (Å²) in [6.07, 6.45) is 1.36. The maximum atomic E-state index is 12.2. The van der Waals surface area contributed by atoms with Crippen LogP contribution in [0.3, 0.4) is 0 Å². The average molecular weight is 384 g/mol. The molecule has 3 heterocycles. The zero-order valence-electron chi connectivity index (χ0n) is 13.7. The number of rotatable bonds is 0. The van der Waals surface area contributed by atoms with Crippen LogP contribution in [0.15, 0.2) is 10.7 Å². The van der Waals surface area contributed by atoms with Crippen molar-refractivity contribution in [3.63, 3.8) is 0 Å². The Morgan fingerprint density at radius 3 is 2.70 bits per heavy atom. The van der Waals surface area contributed by atoms with Gasteiger partial charge < -0.3 is 20.1 Å². The largest absolute Gasteiger partial charge is 0.491 e. The maximum absolute atomic E-state index is 12.2. The van der Waals surface area contributed by atoms with Gasteiger partial charge in [-0.15, -0.1) is 0 Å². The van der Waals surface area contributed by atoms with E-state index in [2.05, 4.69) is 20.9 Å². The number of hydrogen-bond donors (Lipinski definition) is 1. The number of piperidine rings is 1. The van der Waals surface area contributed by atoms with Crippen molar-refractivity contribution < 1.29 is 14.3 Å². The second-order valence-electron chi connectivity index (χ2n) is 7.25. The number of hydrogen-bond acceptors (Lipinski definition) is 5. The van der Waals surface area contributed by atoms with Crippen LogP contribution in [0, 0.1) is 0 Å². The number of amides is 1. The molecule has 1 amide bonds. The van der Waals surface area contributed by atoms with Crippen molar-refractivity contribution in [3.05, 3.63) is 16.4 Å². The minimum absolute atomic E-state index is 0.135. The van der Waals surface area contributed by atoms with E-state index >= 15 is 0 Å². The molecule has 6 nitrogen and oxygen atoms in total. The summed E-state index contributed by atoms with van der Waals surface area (Å²) in [5.41, 5.74) is 6.79. The van der Waals surface area contributed by atoms with Gasteiger partial charge in [0.1, 0.15) is 16.0 Å². The zero-order valence-corrected chi connectivity index (χ0v) is 15.3. The van der Waals surface area contributed by atoms with Crippen molar-refractivity contribution in [1.82, 2.24) is 9.88 Å². The normalized spacial score (nSPS) is 19.4. The molecule has 1 aromatic rings. The summed E-state index contributed by atoms with van der Waals surface area (Å²) in [5.74, 6) is 0.761. The van der Waals surface area contributed by atoms with E-state index in [-0.39, 0.29) is 11.5 Å². The Hall–Kier alpha value is -1.50. The van der Waals surface area contributed by atoms with Gasteiger partial charge in [-0.05, 0) is 49.5 Å². The highest BCUT2D eigenvalue weighted by molar-refractivity contribution is 9.10. The second kappa shape index (κ2) is 5.54. The number of fused-ring (bicyclic) bond motifs is 2. The first-order valence-electron chi connectivity index (χ1n) is 7.77. The second-order valence-corrected chi connectivity index (χ2v) is 8.00. The lowest BCUT2D eigenvalue weighted by Gasteiger charge is -2.38. The summed E-state index contributed by atoms with van der Waals surface area (Å²) >= 11 is 3.39. The van der Waals surface area contributed by atoms with Crippen molar-refractivity contribution in [2.45, 2.75) is 44.6 Å². The van der Waals surface area contributed by atoms with Crippen molar-refractivity contribution >= 4 is 27.7 Å². The van der Waals surface area contributed by atoms with Gasteiger partial charge >= 0.3 is 6.09 Å². The Morgan fingerprint density at radius 1 is 1.43 bits per heavy atom. The molecule has 126 valence electrons. The summed E-state index contributed by atoms with van der Waals surface area (Å²) in [4.78, 5) is 18.6. The molecular formula is C16H22BrN3O3. The SMILES string of the molecule is CC(C)(C)OC(=O)N1CCC2(CC1)COc1cc(N)c(Br)nc12. The molecule has 1 saturated heterocycles. The minimum Gasteiger partial charge on any atom is -0.491 e. The number of anilines is 1. The lowest BCUT2D eigenvalue weighted by Crippen LogP contribution is -2.47. The molecule has 1 aromatic heterocycles. The molecule has 2 aliphatic heterocycles. The third-order valence-electron chi connectivity index (χ3n) is 4.35. The summed E-state index contributed by atoms with van der Waals surface area (Å²) < 4.78 is 11.9. The van der Waals surface area contributed by atoms with Gasteiger partial charge in [-0.2, -0.15) is 0 Å². The van der Waals surface area contributed by atoms with Gasteiger partial charge in [0, 0.05) is 19.2 Å². The predicted molar refractivity (Wildman–Crippen MR) is 90.6 cm³/mol. The third kappa shape index (κ3) is 3.11. The molecule has 0 atom stereocenters. The van der Waals surface area contributed by atoms with Gasteiger partial charge in [-0.3, -0.25) is 0 Å². The molecule has 0 bridgehead atoms. The van der Waals surface area contributed by atoms with E-state index in [0.29, 0.717) is 30.0 Å². The number of likely N-dealkylation sites (tertiary alicyclic amines) is 1. The van der Waals surface area contributed by atoms with E-state index in [4.69, 9.17) is 15.2 Å². The van der Waals surface area contributed by atoms with Crippen molar-refractivity contribution in [2.75, 3.05) is 25.4 Å². The van der Waals surface area contributed by atoms with E-state index in [1.807, 2.05) is 26.8 Å². The highest BCUT2D eigenvalue weighted by atomic mass is 79.9. The summed E-state index contributed by atoms with van der Waals surface area (Å²) in [6, 6.07) is 1.82. The number of pyridine rings is 1. The van der Waals surface area contributed by atoms with Crippen molar-refractivity contribution in [1.29, 1.82) is 0 Å². The van der Waals surface area contributed by atoms with Gasteiger partial charge in [-0.25, -0.2) is 9.78 Å². The number of halogens is 1. The van der Waals surface area contributed by atoms with Crippen LogP contribution in [-0.4, -0.2) is 41.3 Å². The Morgan fingerprint density at radius 2 is 2.09 bits per heavy atom. The zero-order chi connectivity index (χ0) is 16.8. The Labute approximate surface area is 144 Å². The lowest BCUT2D eigenvalue weighted by atomic mass is 9.77. The van der Waals surface area contributed by atoms with Gasteiger partial charge in [0.2, 0.25) is 0 Å². The molecule has 0 radical (unpaired) electrons. The Bertz CT molecular complexity index is 634. The summed E-state index contributed by atoms with van der Waals surface area (Å²) in [6.45, 7) is 7.51. The molecule has 1 spiro atoms. The van der Waals surface area contributed by atoms with Crippen LogP contribution in [-0.2, 0) is 10.2 Å². The van der Waals surface area contributed by atoms with Crippen molar-refractivity contribution in [3.8, 4) is 5.75 Å². The van der Waals surface area contributed by atoms with E-state index < -0.39 is 5.60 Å². The van der Waals surface area contributed by atoms with Crippen LogP contribution in [0.2, 0.25) is 0 Å². The van der Waals surface area contributed by atoms with Crippen LogP contribution in [0.1, 0.15) is 39.3 Å². The van der Waals surface area contributed by atoms with Gasteiger partial charge in [0.05, 0.1) is 23.4 Å². The Kier molecular flexibility index (Phi) is 3.94. The fourth-order valence-electron chi connectivity index (χ4n) is 3.09. The van der Waals surface area contributed by atoms with E-state index in [1.54, 1.807) is 4.90 Å². The number of carbonyl (C=O) groups is 1. The first-order chi connectivity index (χ1) is 10.7. The predicted octanol–water partition coefficient (Wildman–Crippen LogP) is 3.09. The monoisotopic (exact) mass is 383 g/mol. The molecule has 3 rings (SSSR count). The quantitative estimate of drug-likeness (QED) is 0.696. The topological polar surface area (TPSA) is 77.7 Å². The summed E-state index contributed by atoms with van der Waals surface area (Å²) in [5, 5.41) is 0. The average Bonchev–Trinajstić information content (AvgIpc) is 2.77. The molecule has 23 heavy (non-hydrogen) atoms. The van der Waals surface area contributed by atoms with Crippen LogP contribution in [0.4, 0.5) is 10.5 Å². The van der Waals surface area contributed by atoms with E-state index in [0.717, 1.165) is 24.3 Å². The number of aromatic nitrogens is 1. The number of nitrogens with two attached hydrogens (primary N) is 1. The van der Waals surface area contributed by atoms with E-state index in [1.165, 1.54) is 0 Å². The molecule has 2 aliphatic rings. The molecule has 7 heteroatoms. The molecule has 0 aromatic carbocycles. The highest BCUT2D eigenvalue weighted by Gasteiger charge is 2.46. The lowest BCUT2D eigenvalue weighted by molar-refractivity contribution is 0.0150. The number of carbonyl (C=O) groups excluding carboxylic acids is 1. The molecule has 0 aliphatic carbocycles. The van der Waals surface area contributed by atoms with Crippen molar-refractivity contribution in [2.24, 2.45) is 0 Å². The standard InChI is InChI=1S/C16H22BrN3O3/c1-15(2,3)23-14(21)20-6-4-16(5-7-20)9-22-11-8-10(18)13(17)19-12(11)16/h8H,4-7,9,18H2,1-3H3. The van der Waals surface area contributed by atoms with Crippen LogP contribution >= 0.6 is 15.9 Å². The molecule has 0 saturated carbocycles. The van der Waals surface area contributed by atoms with Crippen LogP contribution < -0.4 is 10.5 Å². The molecule has 2 N–H and O–H groups in total. The van der Waals surface area contributed by atoms with Gasteiger partial charge in [0.25, 0.3) is 0 Å². The third-order valence-corrected chi connectivity index (χ3v) is 4.98. The number of ether oxygens (including phenoxy) is 2. The maximum Gasteiger partial charge on any atom is 0.410 e. The molecule has 0 unspecified atom stereocenters. The molecular weight excluding hydrogens is 362 g/mol. The Balaban J connectivity index is 1.73. The van der Waals surface area contributed by atoms with Gasteiger partial charge in [0.15, 0.2) is 0 Å². The van der Waals surface area contributed by atoms with E-state index in [9.17, 15) is 4.79 Å². The number of nitrogen functional groups attached to an aromatic ring is 1. The first-order valence-corrected chi connectivity index (χ1v) is 8.57. The first kappa shape index (κ1) is 16.4. The number of nitrogens with zero attached hydrogens (tertiary/aromatic N) is 2. The molecule has 1 fully saturated rings. The summed E-state index contributed by atoms with van der Waals surface area (Å²) in [7, 11) is 0. The minimum atomic E-state index is -0.473. The van der Waals surface area contributed by atoms with Crippen LogP contribution in [0.25, 0.3) is 0 Å². The smallest absolute Gasteiger partial charge is 0.410 e. The van der Waals surface area contributed by atoms with Gasteiger partial charge in [-0.1, -0.05) is 0 Å². The fraction of sp³-hybridized carbons (Fsp3) is 0.625. The van der Waals surface area contributed by atoms with Crippen LogP contribution in [0.5, 0.6) is 5.75 Å². The fourth-order valence-corrected chi connectivity index (χ4v) is 3.38. The highest BCUT2D eigenvalue weighted by Crippen LogP contribution is 2.46.